The molecule has 1 aromatic carbocycles. The summed E-state index contributed by atoms with van der Waals surface area (Å²) in [5.41, 5.74) is 0. The molecule has 0 fully saturated rings. The van der Waals surface area contributed by atoms with Crippen LogP contribution < -0.4 is 0 Å². The number of hydrogen-bond acceptors (Lipinski definition) is 3. The van der Waals surface area contributed by atoms with E-state index in [0.717, 1.165) is 0 Å². The highest BCUT2D eigenvalue weighted by Gasteiger charge is 1.57. The van der Waals surface area contributed by atoms with Crippen LogP contribution in [-0.4, -0.2) is 10.5 Å². The monoisotopic (exact) mass is 128 g/mol. The molecule has 0 radical (unpaired) electrons. The first-order valence-electron chi connectivity index (χ1n) is 2.37. The van der Waals surface area contributed by atoms with Gasteiger partial charge in [-0.3, -0.25) is 0 Å². The van der Waals surface area contributed by atoms with E-state index in [-0.39, 0.29) is 0 Å². The largest absolute Gasteiger partial charge is 0.221 e. The van der Waals surface area contributed by atoms with E-state index in [9.17, 15) is 0 Å². The molecule has 0 spiro atoms. The van der Waals surface area contributed by atoms with Gasteiger partial charge in [0.2, 0.25) is 0 Å². The van der Waals surface area contributed by atoms with Crippen LogP contribution in [0.4, 0.5) is 0 Å². The first-order valence-corrected chi connectivity index (χ1v) is 2.37. The van der Waals surface area contributed by atoms with Crippen LogP contribution in [-0.2, 0) is 5.04 Å². The van der Waals surface area contributed by atoms with Crippen LogP contribution in [0.2, 0.25) is 0 Å². The Bertz CT molecular complexity index is 91.2. The fourth-order valence-electron chi connectivity index (χ4n) is 0.385. The predicted molar refractivity (Wildman–Crippen MR) is 32.8 cm³/mol. The van der Waals surface area contributed by atoms with Crippen molar-refractivity contribution in [1.82, 2.24) is 0 Å². The summed E-state index contributed by atoms with van der Waals surface area (Å²) in [6.07, 6.45) is 0. The van der Waals surface area contributed by atoms with Gasteiger partial charge in [-0.25, -0.2) is 10.5 Å². The topological polar surface area (TPSA) is 49.7 Å². The fourth-order valence-corrected chi connectivity index (χ4v) is 0.385. The summed E-state index contributed by atoms with van der Waals surface area (Å²) >= 11 is 0. The van der Waals surface area contributed by atoms with E-state index in [0.29, 0.717) is 0 Å². The molecule has 0 aliphatic rings. The van der Waals surface area contributed by atoms with Gasteiger partial charge in [0.05, 0.1) is 0 Å². The zero-order chi connectivity index (χ0) is 6.95. The summed E-state index contributed by atoms with van der Waals surface area (Å²) in [4.78, 5) is 0. The Morgan fingerprint density at radius 3 is 0.889 bits per heavy atom. The summed E-state index contributed by atoms with van der Waals surface area (Å²) in [7, 11) is 0. The van der Waals surface area contributed by atoms with Gasteiger partial charge >= 0.3 is 0 Å². The molecule has 50 valence electrons. The third kappa shape index (κ3) is 7.10. The quantitative estimate of drug-likeness (QED) is 0.412. The van der Waals surface area contributed by atoms with Crippen molar-refractivity contribution in [3.8, 4) is 0 Å². The predicted octanol–water partition coefficient (Wildman–Crippen LogP) is 1.64. The van der Waals surface area contributed by atoms with Gasteiger partial charge in [0, 0.05) is 0 Å². The lowest BCUT2D eigenvalue weighted by Crippen LogP contribution is -1.60. The van der Waals surface area contributed by atoms with Crippen molar-refractivity contribution in [2.75, 3.05) is 0 Å². The van der Waals surface area contributed by atoms with Crippen molar-refractivity contribution >= 4 is 0 Å². The van der Waals surface area contributed by atoms with E-state index < -0.39 is 0 Å². The smallest absolute Gasteiger partial charge is 0.0623 e. The Morgan fingerprint density at radius 2 is 0.778 bits per heavy atom. The molecule has 0 atom stereocenters. The maximum atomic E-state index is 6.62. The van der Waals surface area contributed by atoms with E-state index in [1.807, 2.05) is 36.4 Å². The third-order valence-corrected chi connectivity index (χ3v) is 0.667. The van der Waals surface area contributed by atoms with Crippen molar-refractivity contribution in [2.45, 2.75) is 0 Å². The van der Waals surface area contributed by atoms with Gasteiger partial charge < -0.3 is 0 Å². The minimum absolute atomic E-state index is 2.00. The highest BCUT2D eigenvalue weighted by Crippen LogP contribution is 1.79. The molecule has 2 N–H and O–H groups in total. The molecule has 9 heavy (non-hydrogen) atoms. The lowest BCUT2D eigenvalue weighted by Gasteiger charge is -1.69. The minimum Gasteiger partial charge on any atom is -0.221 e. The molecule has 3 heteroatoms. The standard InChI is InChI=1S/C6H6.H2O3/c1-2-4-6-5-3-1;1-3-2/h1-6H;1-2H. The van der Waals surface area contributed by atoms with Gasteiger partial charge in [-0.15, -0.1) is 0 Å². The fraction of sp³-hybridized carbons (Fsp3) is 0. The normalized spacial score (nSPS) is 7.33. The first kappa shape index (κ1) is 8.10. The van der Waals surface area contributed by atoms with Crippen molar-refractivity contribution in [3.63, 3.8) is 0 Å². The zero-order valence-electron chi connectivity index (χ0n) is 4.77. The number of rotatable bonds is 0. The van der Waals surface area contributed by atoms with Crippen LogP contribution in [0.25, 0.3) is 0 Å². The van der Waals surface area contributed by atoms with Crippen LogP contribution in [0.3, 0.4) is 0 Å². The molecule has 0 aliphatic carbocycles. The van der Waals surface area contributed by atoms with E-state index in [1.54, 1.807) is 0 Å². The lowest BCUT2D eigenvalue weighted by atomic mass is 10.4. The van der Waals surface area contributed by atoms with Crippen LogP contribution in [0.5, 0.6) is 0 Å². The van der Waals surface area contributed by atoms with Crippen molar-refractivity contribution in [2.24, 2.45) is 0 Å². The highest BCUT2D eigenvalue weighted by atomic mass is 17.4. The summed E-state index contributed by atoms with van der Waals surface area (Å²) in [5, 5.41) is 15.5. The van der Waals surface area contributed by atoms with Crippen molar-refractivity contribution in [1.29, 1.82) is 0 Å². The van der Waals surface area contributed by atoms with E-state index >= 15 is 0 Å². The Morgan fingerprint density at radius 1 is 0.667 bits per heavy atom. The first-order chi connectivity index (χ1) is 4.41. The van der Waals surface area contributed by atoms with Crippen LogP contribution in [0.15, 0.2) is 36.4 Å². The summed E-state index contributed by atoms with van der Waals surface area (Å²) in [6, 6.07) is 12.0. The molecule has 0 aliphatic heterocycles. The Kier molecular flexibility index (Phi) is 6.39. The van der Waals surface area contributed by atoms with Gasteiger partial charge in [-0.2, -0.15) is 0 Å². The zero-order valence-corrected chi connectivity index (χ0v) is 4.77. The summed E-state index contributed by atoms with van der Waals surface area (Å²) in [5.74, 6) is 0. The van der Waals surface area contributed by atoms with Gasteiger partial charge in [0.25, 0.3) is 0 Å². The second kappa shape index (κ2) is 7.10. The lowest BCUT2D eigenvalue weighted by molar-refractivity contribution is -0.465. The third-order valence-electron chi connectivity index (χ3n) is 0.667. The second-order valence-corrected chi connectivity index (χ2v) is 1.24. The molecule has 0 bridgehead atoms. The average molecular weight is 128 g/mol. The Balaban J connectivity index is 0.000000187. The number of benzene rings is 1. The van der Waals surface area contributed by atoms with Crippen LogP contribution in [0, 0.1) is 0 Å². The Labute approximate surface area is 53.0 Å². The summed E-state index contributed by atoms with van der Waals surface area (Å²) < 4.78 is 0. The average Bonchev–Trinajstić information content (AvgIpc) is 1.93. The molecular weight excluding hydrogens is 120 g/mol. The molecule has 0 amide bonds. The molecule has 1 aromatic rings. The van der Waals surface area contributed by atoms with Crippen LogP contribution in [0.1, 0.15) is 0 Å². The van der Waals surface area contributed by atoms with Crippen molar-refractivity contribution < 1.29 is 15.6 Å². The highest BCUT2D eigenvalue weighted by molar-refractivity contribution is 4.99. The SMILES string of the molecule is OOO.c1ccccc1. The second-order valence-electron chi connectivity index (χ2n) is 1.24. The van der Waals surface area contributed by atoms with Gasteiger partial charge in [-0.05, 0) is 0 Å². The molecule has 0 saturated carbocycles. The molecule has 0 saturated heterocycles. The Hall–Kier alpha value is -0.900. The molecule has 0 unspecified atom stereocenters. The molecule has 0 heterocycles. The van der Waals surface area contributed by atoms with Gasteiger partial charge in [-0.1, -0.05) is 41.4 Å². The molecule has 0 aromatic heterocycles. The van der Waals surface area contributed by atoms with Crippen LogP contribution >= 0.6 is 0 Å². The number of hydrogen-bond donors (Lipinski definition) is 2. The molecule has 3 nitrogen and oxygen atoms in total. The molecular formula is C6H8O3. The maximum absolute atomic E-state index is 6.62. The molecule has 1 rings (SSSR count). The minimum atomic E-state index is 2.00. The maximum Gasteiger partial charge on any atom is -0.0623 e. The van der Waals surface area contributed by atoms with Crippen molar-refractivity contribution in [3.05, 3.63) is 36.4 Å². The van der Waals surface area contributed by atoms with E-state index in [1.165, 1.54) is 0 Å². The van der Waals surface area contributed by atoms with Gasteiger partial charge in [0.15, 0.2) is 0 Å². The van der Waals surface area contributed by atoms with Gasteiger partial charge in [0.1, 0.15) is 0 Å². The van der Waals surface area contributed by atoms with E-state index in [2.05, 4.69) is 5.04 Å². The summed E-state index contributed by atoms with van der Waals surface area (Å²) in [6.45, 7) is 0. The van der Waals surface area contributed by atoms with E-state index in [4.69, 9.17) is 10.5 Å².